The zero-order valence-electron chi connectivity index (χ0n) is 8.04. The van der Waals surface area contributed by atoms with Crippen molar-refractivity contribution in [1.29, 1.82) is 0 Å². The number of hydrogen-bond donors (Lipinski definition) is 0. The zero-order valence-corrected chi connectivity index (χ0v) is 10.3. The third-order valence-electron chi connectivity index (χ3n) is 1.72. The molecule has 0 aliphatic carbocycles. The van der Waals surface area contributed by atoms with E-state index in [1.54, 1.807) is 0 Å². The van der Waals surface area contributed by atoms with Crippen molar-refractivity contribution in [1.82, 2.24) is 4.90 Å². The van der Waals surface area contributed by atoms with Crippen LogP contribution < -0.4 is 0 Å². The molecule has 71 valence electrons. The van der Waals surface area contributed by atoms with E-state index in [1.165, 1.54) is 6.42 Å². The van der Waals surface area contributed by atoms with Gasteiger partial charge in [-0.2, -0.15) is 0 Å². The number of nitrogens with zero attached hydrogens (tertiary/aromatic N) is 1. The SMILES string of the molecule is C=CC[CH](N(C)CC)[Pt]([CH3])[CH3]. The summed E-state index contributed by atoms with van der Waals surface area (Å²) < 4.78 is 0.822. The first kappa shape index (κ1) is 11.4. The average molecular weight is 337 g/mol. The minimum atomic E-state index is -0.690. The summed E-state index contributed by atoms with van der Waals surface area (Å²) >= 11 is -0.690. The molecular weight excluding hydrogens is 317 g/mol. The van der Waals surface area contributed by atoms with Crippen LogP contribution in [0.1, 0.15) is 13.3 Å². The summed E-state index contributed by atoms with van der Waals surface area (Å²) in [6, 6.07) is 0. The van der Waals surface area contributed by atoms with Crippen LogP contribution in [-0.2, 0) is 17.3 Å². The van der Waals surface area contributed by atoms with Crippen molar-refractivity contribution in [3.05, 3.63) is 12.7 Å². The fraction of sp³-hybridized carbons (Fsp3) is 0.778. The van der Waals surface area contributed by atoms with Crippen molar-refractivity contribution in [2.75, 3.05) is 13.6 Å². The van der Waals surface area contributed by atoms with E-state index in [2.05, 4.69) is 42.2 Å². The predicted molar refractivity (Wildman–Crippen MR) is 48.6 cm³/mol. The fourth-order valence-corrected chi connectivity index (χ4v) is 4.79. The molecule has 2 heteroatoms. The van der Waals surface area contributed by atoms with Gasteiger partial charge in [0.05, 0.1) is 0 Å². The van der Waals surface area contributed by atoms with Crippen LogP contribution in [0, 0.1) is 0 Å². The number of hydrogen-bond acceptors (Lipinski definition) is 1. The van der Waals surface area contributed by atoms with Crippen LogP contribution in [0.15, 0.2) is 12.7 Å². The van der Waals surface area contributed by atoms with Gasteiger partial charge < -0.3 is 0 Å². The van der Waals surface area contributed by atoms with Crippen molar-refractivity contribution in [2.24, 2.45) is 0 Å². The monoisotopic (exact) mass is 337 g/mol. The molecule has 0 aliphatic heterocycles. The molecule has 0 spiro atoms. The molecule has 1 atom stereocenters. The molecule has 0 N–H and O–H groups in total. The molecule has 0 aliphatic rings. The topological polar surface area (TPSA) is 3.24 Å². The first-order valence-corrected chi connectivity index (χ1v) is 9.62. The molecule has 0 radical (unpaired) electrons. The van der Waals surface area contributed by atoms with Crippen molar-refractivity contribution >= 4 is 0 Å². The molecule has 0 rings (SSSR count). The van der Waals surface area contributed by atoms with Crippen LogP contribution in [0.5, 0.6) is 0 Å². The first-order valence-electron chi connectivity index (χ1n) is 3.77. The van der Waals surface area contributed by atoms with E-state index < -0.39 is 17.3 Å². The zero-order chi connectivity index (χ0) is 8.85. The fourth-order valence-electron chi connectivity index (χ4n) is 0.922. The molecule has 11 heavy (non-hydrogen) atoms. The Morgan fingerprint density at radius 1 is 1.55 bits per heavy atom. The summed E-state index contributed by atoms with van der Waals surface area (Å²) in [6.45, 7) is 7.18. The first-order chi connectivity index (χ1) is 5.13. The Balaban J connectivity index is 3.96. The molecule has 0 fully saturated rings. The van der Waals surface area contributed by atoms with Gasteiger partial charge in [0.2, 0.25) is 0 Å². The van der Waals surface area contributed by atoms with Gasteiger partial charge in [0, 0.05) is 0 Å². The van der Waals surface area contributed by atoms with Gasteiger partial charge in [0.25, 0.3) is 0 Å². The predicted octanol–water partition coefficient (Wildman–Crippen LogP) is 2.55. The summed E-state index contributed by atoms with van der Waals surface area (Å²) in [7, 11) is 2.21. The van der Waals surface area contributed by atoms with Crippen molar-refractivity contribution in [2.45, 2.75) is 28.4 Å². The second kappa shape index (κ2) is 5.97. The molecular formula is C9H20NPt. The van der Waals surface area contributed by atoms with Crippen LogP contribution in [0.25, 0.3) is 0 Å². The van der Waals surface area contributed by atoms with Crippen LogP contribution >= 0.6 is 0 Å². The summed E-state index contributed by atoms with van der Waals surface area (Å²) in [5.74, 6) is 0. The van der Waals surface area contributed by atoms with E-state index in [4.69, 9.17) is 0 Å². The molecule has 0 saturated heterocycles. The normalized spacial score (nSPS) is 14.8. The summed E-state index contributed by atoms with van der Waals surface area (Å²) in [6.07, 6.45) is 3.22. The Hall–Kier alpha value is 0.388. The Morgan fingerprint density at radius 2 is 2.09 bits per heavy atom. The van der Waals surface area contributed by atoms with Crippen LogP contribution in [0.4, 0.5) is 0 Å². The van der Waals surface area contributed by atoms with Crippen LogP contribution in [0.3, 0.4) is 0 Å². The molecule has 1 nitrogen and oxygen atoms in total. The van der Waals surface area contributed by atoms with Gasteiger partial charge in [-0.05, 0) is 0 Å². The van der Waals surface area contributed by atoms with E-state index in [-0.39, 0.29) is 0 Å². The maximum atomic E-state index is 3.80. The van der Waals surface area contributed by atoms with Gasteiger partial charge in [-0.25, -0.2) is 0 Å². The standard InChI is InChI=1S/C7H14N.2CH3.Pt/c1-4-6-7-8(3)5-2;;;/h4,7H,1,5-6H2,2-3H3;2*1H3;. The van der Waals surface area contributed by atoms with Crippen molar-refractivity contribution in [3.63, 3.8) is 0 Å². The van der Waals surface area contributed by atoms with Gasteiger partial charge in [0.15, 0.2) is 0 Å². The number of rotatable bonds is 5. The van der Waals surface area contributed by atoms with Crippen LogP contribution in [0.2, 0.25) is 10.6 Å². The maximum absolute atomic E-state index is 3.80. The summed E-state index contributed by atoms with van der Waals surface area (Å²) in [4.78, 5) is 2.45. The average Bonchev–Trinajstić information content (AvgIpc) is 1.98. The quantitative estimate of drug-likeness (QED) is 0.697. The van der Waals surface area contributed by atoms with E-state index in [0.717, 1.165) is 11.0 Å². The van der Waals surface area contributed by atoms with E-state index in [9.17, 15) is 0 Å². The van der Waals surface area contributed by atoms with Gasteiger partial charge in [0.1, 0.15) is 0 Å². The van der Waals surface area contributed by atoms with Gasteiger partial charge in [-0.3, -0.25) is 0 Å². The van der Waals surface area contributed by atoms with Gasteiger partial charge in [-0.15, -0.1) is 0 Å². The molecule has 0 aromatic rings. The van der Waals surface area contributed by atoms with Gasteiger partial charge >= 0.3 is 76.9 Å². The molecule has 0 aromatic heterocycles. The molecule has 0 bridgehead atoms. The third kappa shape index (κ3) is 4.08. The molecule has 0 heterocycles. The minimum absolute atomic E-state index is 0.690. The summed E-state index contributed by atoms with van der Waals surface area (Å²) in [5, 5.41) is 4.84. The van der Waals surface area contributed by atoms with E-state index in [1.807, 2.05) is 0 Å². The Labute approximate surface area is 77.0 Å². The molecule has 0 saturated carbocycles. The Morgan fingerprint density at radius 3 is 2.36 bits per heavy atom. The third-order valence-corrected chi connectivity index (χ3v) is 6.28. The molecule has 0 amide bonds. The molecule has 0 aromatic carbocycles. The van der Waals surface area contributed by atoms with E-state index in [0.29, 0.717) is 0 Å². The van der Waals surface area contributed by atoms with Crippen molar-refractivity contribution in [3.8, 4) is 0 Å². The second-order valence-electron chi connectivity index (χ2n) is 2.67. The Kier molecular flexibility index (Phi) is 6.18. The van der Waals surface area contributed by atoms with Gasteiger partial charge in [-0.1, -0.05) is 0 Å². The Bertz CT molecular complexity index is 112. The molecule has 1 unspecified atom stereocenters. The summed E-state index contributed by atoms with van der Waals surface area (Å²) in [5.41, 5.74) is 0. The van der Waals surface area contributed by atoms with E-state index >= 15 is 0 Å². The second-order valence-corrected chi connectivity index (χ2v) is 9.08. The van der Waals surface area contributed by atoms with Crippen LogP contribution in [-0.4, -0.2) is 22.9 Å². The van der Waals surface area contributed by atoms with Crippen molar-refractivity contribution < 1.29 is 17.3 Å².